The standard InChI is InChI=1S/C18H22N2O5S.ClH/c1-3-15-17(9-16(25-15)18(21)24-2)26(22,23)20-10-13(14(19)11-20)12-7-5-4-6-8-12;/h4-9,13-14H,3,10-11,19H2,1-2H3;1H/t13-,14+;/m0./s1. The number of carbonyl (C=O) groups is 1. The lowest BCUT2D eigenvalue weighted by molar-refractivity contribution is 0.0563. The molecule has 0 spiro atoms. The van der Waals surface area contributed by atoms with Crippen LogP contribution in [-0.4, -0.2) is 44.9 Å². The van der Waals surface area contributed by atoms with E-state index in [1.54, 1.807) is 6.92 Å². The van der Waals surface area contributed by atoms with E-state index in [0.717, 1.165) is 5.56 Å². The van der Waals surface area contributed by atoms with Crippen LogP contribution in [0.15, 0.2) is 45.7 Å². The molecule has 1 aliphatic heterocycles. The SMILES string of the molecule is CCc1oc(C(=O)OC)cc1S(=O)(=O)N1C[C@@H](N)[C@H](c2ccccc2)C1.Cl. The molecule has 9 heteroatoms. The average molecular weight is 415 g/mol. The van der Waals surface area contributed by atoms with Gasteiger partial charge in [-0.05, 0) is 5.56 Å². The predicted molar refractivity (Wildman–Crippen MR) is 103 cm³/mol. The van der Waals surface area contributed by atoms with Gasteiger partial charge in [0, 0.05) is 37.5 Å². The molecule has 0 amide bonds. The number of hydrogen-bond acceptors (Lipinski definition) is 6. The van der Waals surface area contributed by atoms with Crippen LogP contribution in [0.2, 0.25) is 0 Å². The van der Waals surface area contributed by atoms with Crippen molar-refractivity contribution in [2.75, 3.05) is 20.2 Å². The fourth-order valence-electron chi connectivity index (χ4n) is 3.26. The Bertz CT molecular complexity index is 898. The van der Waals surface area contributed by atoms with Crippen LogP contribution < -0.4 is 5.73 Å². The molecule has 1 aromatic carbocycles. The number of rotatable bonds is 5. The summed E-state index contributed by atoms with van der Waals surface area (Å²) < 4.78 is 37.6. The number of halogens is 1. The number of aryl methyl sites for hydroxylation is 1. The second-order valence-corrected chi connectivity index (χ2v) is 8.15. The number of ether oxygens (including phenoxy) is 1. The Morgan fingerprint density at radius 3 is 2.56 bits per heavy atom. The maximum Gasteiger partial charge on any atom is 0.373 e. The van der Waals surface area contributed by atoms with Crippen molar-refractivity contribution in [3.63, 3.8) is 0 Å². The second-order valence-electron chi connectivity index (χ2n) is 6.25. The molecule has 2 atom stereocenters. The van der Waals surface area contributed by atoms with Gasteiger partial charge in [0.2, 0.25) is 15.8 Å². The summed E-state index contributed by atoms with van der Waals surface area (Å²) in [6, 6.07) is 10.6. The first-order valence-corrected chi connectivity index (χ1v) is 9.84. The Morgan fingerprint density at radius 1 is 1.30 bits per heavy atom. The lowest BCUT2D eigenvalue weighted by Crippen LogP contribution is -2.32. The fourth-order valence-corrected chi connectivity index (χ4v) is 4.99. The maximum atomic E-state index is 13.1. The van der Waals surface area contributed by atoms with E-state index in [4.69, 9.17) is 10.2 Å². The molecule has 148 valence electrons. The maximum absolute atomic E-state index is 13.1. The van der Waals surface area contributed by atoms with E-state index >= 15 is 0 Å². The first kappa shape index (κ1) is 21.4. The van der Waals surface area contributed by atoms with E-state index in [0.29, 0.717) is 6.42 Å². The summed E-state index contributed by atoms with van der Waals surface area (Å²) in [7, 11) is -2.61. The number of esters is 1. The number of furan rings is 1. The molecule has 0 radical (unpaired) electrons. The van der Waals surface area contributed by atoms with Gasteiger partial charge in [0.15, 0.2) is 0 Å². The highest BCUT2D eigenvalue weighted by Gasteiger charge is 2.40. The molecule has 0 saturated carbocycles. The summed E-state index contributed by atoms with van der Waals surface area (Å²) in [6.45, 7) is 2.26. The van der Waals surface area contributed by atoms with E-state index in [2.05, 4.69) is 4.74 Å². The Kier molecular flexibility index (Phi) is 6.69. The first-order chi connectivity index (χ1) is 12.4. The van der Waals surface area contributed by atoms with Gasteiger partial charge < -0.3 is 14.9 Å². The molecule has 1 saturated heterocycles. The first-order valence-electron chi connectivity index (χ1n) is 8.40. The van der Waals surface area contributed by atoms with Crippen LogP contribution >= 0.6 is 12.4 Å². The number of benzene rings is 1. The monoisotopic (exact) mass is 414 g/mol. The van der Waals surface area contributed by atoms with E-state index < -0.39 is 16.0 Å². The Balaban J connectivity index is 0.00000261. The molecule has 1 fully saturated rings. The minimum atomic E-state index is -3.82. The van der Waals surface area contributed by atoms with Gasteiger partial charge in [-0.25, -0.2) is 13.2 Å². The molecular weight excluding hydrogens is 392 g/mol. The molecule has 27 heavy (non-hydrogen) atoms. The van der Waals surface area contributed by atoms with Crippen LogP contribution in [0.3, 0.4) is 0 Å². The minimum Gasteiger partial charge on any atom is -0.463 e. The van der Waals surface area contributed by atoms with E-state index in [1.807, 2.05) is 30.3 Å². The highest BCUT2D eigenvalue weighted by Crippen LogP contribution is 2.32. The van der Waals surface area contributed by atoms with Crippen molar-refractivity contribution in [2.24, 2.45) is 5.73 Å². The zero-order chi connectivity index (χ0) is 18.9. The molecular formula is C18H23ClN2O5S. The van der Waals surface area contributed by atoms with Crippen molar-refractivity contribution in [3.05, 3.63) is 53.5 Å². The Morgan fingerprint density at radius 2 is 1.96 bits per heavy atom. The summed E-state index contributed by atoms with van der Waals surface area (Å²) in [6.07, 6.45) is 0.341. The van der Waals surface area contributed by atoms with Gasteiger partial charge in [0.25, 0.3) is 0 Å². The van der Waals surface area contributed by atoms with Crippen molar-refractivity contribution in [2.45, 2.75) is 30.2 Å². The second kappa shape index (κ2) is 8.43. The number of nitrogens with zero attached hydrogens (tertiary/aromatic N) is 1. The molecule has 0 aliphatic carbocycles. The van der Waals surface area contributed by atoms with Gasteiger partial charge >= 0.3 is 5.97 Å². The molecule has 1 aromatic heterocycles. The van der Waals surface area contributed by atoms with Gasteiger partial charge in [-0.1, -0.05) is 37.3 Å². The smallest absolute Gasteiger partial charge is 0.373 e. The Hall–Kier alpha value is -1.87. The van der Waals surface area contributed by atoms with Crippen LogP contribution in [0.4, 0.5) is 0 Å². The minimum absolute atomic E-state index is 0. The number of hydrogen-bond donors (Lipinski definition) is 1. The number of carbonyl (C=O) groups excluding carboxylic acids is 1. The summed E-state index contributed by atoms with van der Waals surface area (Å²) in [5.41, 5.74) is 7.23. The van der Waals surface area contributed by atoms with E-state index in [1.165, 1.54) is 17.5 Å². The lowest BCUT2D eigenvalue weighted by atomic mass is 9.95. The third-order valence-corrected chi connectivity index (χ3v) is 6.53. The molecule has 1 aliphatic rings. The fraction of sp³-hybridized carbons (Fsp3) is 0.389. The highest BCUT2D eigenvalue weighted by atomic mass is 35.5. The van der Waals surface area contributed by atoms with Crippen LogP contribution in [0.1, 0.15) is 34.7 Å². The molecule has 3 rings (SSSR count). The summed E-state index contributed by atoms with van der Waals surface area (Å²) >= 11 is 0. The number of sulfonamides is 1. The number of nitrogens with two attached hydrogens (primary N) is 1. The largest absolute Gasteiger partial charge is 0.463 e. The molecule has 0 unspecified atom stereocenters. The molecule has 0 bridgehead atoms. The summed E-state index contributed by atoms with van der Waals surface area (Å²) in [5.74, 6) is -0.669. The van der Waals surface area contributed by atoms with Crippen LogP contribution in [-0.2, 0) is 21.2 Å². The van der Waals surface area contributed by atoms with Crippen LogP contribution in [0.25, 0.3) is 0 Å². The molecule has 2 N–H and O–H groups in total. The molecule has 7 nitrogen and oxygen atoms in total. The average Bonchev–Trinajstić information content (AvgIpc) is 3.26. The van der Waals surface area contributed by atoms with Gasteiger partial charge in [-0.15, -0.1) is 12.4 Å². The topological polar surface area (TPSA) is 103 Å². The molecule has 2 aromatic rings. The third-order valence-electron chi connectivity index (χ3n) is 4.66. The number of methoxy groups -OCH3 is 1. The van der Waals surface area contributed by atoms with Crippen molar-refractivity contribution in [1.29, 1.82) is 0 Å². The van der Waals surface area contributed by atoms with Crippen molar-refractivity contribution < 1.29 is 22.4 Å². The van der Waals surface area contributed by atoms with Crippen LogP contribution in [0, 0.1) is 0 Å². The quantitative estimate of drug-likeness (QED) is 0.752. The Labute approximate surface area is 164 Å². The van der Waals surface area contributed by atoms with Gasteiger partial charge in [-0.3, -0.25) is 0 Å². The molecule has 2 heterocycles. The van der Waals surface area contributed by atoms with Crippen LogP contribution in [0.5, 0.6) is 0 Å². The predicted octanol–water partition coefficient (Wildman–Crippen LogP) is 2.17. The van der Waals surface area contributed by atoms with Crippen molar-refractivity contribution >= 4 is 28.4 Å². The van der Waals surface area contributed by atoms with E-state index in [9.17, 15) is 13.2 Å². The summed E-state index contributed by atoms with van der Waals surface area (Å²) in [4.78, 5) is 11.7. The van der Waals surface area contributed by atoms with E-state index in [-0.39, 0.29) is 53.9 Å². The highest BCUT2D eigenvalue weighted by molar-refractivity contribution is 7.89. The zero-order valence-corrected chi connectivity index (χ0v) is 16.8. The normalized spacial score (nSPS) is 20.3. The van der Waals surface area contributed by atoms with Gasteiger partial charge in [0.05, 0.1) is 7.11 Å². The van der Waals surface area contributed by atoms with Crippen molar-refractivity contribution in [3.8, 4) is 0 Å². The lowest BCUT2D eigenvalue weighted by Gasteiger charge is -2.16. The van der Waals surface area contributed by atoms with Gasteiger partial charge in [-0.2, -0.15) is 4.31 Å². The summed E-state index contributed by atoms with van der Waals surface area (Å²) in [5, 5.41) is 0. The third kappa shape index (κ3) is 4.03. The van der Waals surface area contributed by atoms with Gasteiger partial charge in [0.1, 0.15) is 10.7 Å². The zero-order valence-electron chi connectivity index (χ0n) is 15.1. The van der Waals surface area contributed by atoms with Crippen molar-refractivity contribution in [1.82, 2.24) is 4.31 Å².